The summed E-state index contributed by atoms with van der Waals surface area (Å²) in [7, 11) is 1.76. The summed E-state index contributed by atoms with van der Waals surface area (Å²) in [5.74, 6) is 2.21. The molecule has 0 aromatic carbocycles. The number of rotatable bonds is 6. The van der Waals surface area contributed by atoms with Gasteiger partial charge in [-0.25, -0.2) is 4.98 Å². The van der Waals surface area contributed by atoms with Gasteiger partial charge in [0.15, 0.2) is 0 Å². The van der Waals surface area contributed by atoms with Crippen LogP contribution >= 0.6 is 0 Å². The second-order valence-corrected chi connectivity index (χ2v) is 4.75. The van der Waals surface area contributed by atoms with E-state index in [0.717, 1.165) is 36.0 Å². The first-order chi connectivity index (χ1) is 9.26. The number of hydrogen-bond acceptors (Lipinski definition) is 4. The summed E-state index contributed by atoms with van der Waals surface area (Å²) in [5, 5.41) is 0. The van der Waals surface area contributed by atoms with E-state index in [2.05, 4.69) is 15.0 Å². The van der Waals surface area contributed by atoms with Crippen LogP contribution in [0.5, 0.6) is 5.88 Å². The van der Waals surface area contributed by atoms with Crippen LogP contribution in [-0.4, -0.2) is 29.8 Å². The van der Waals surface area contributed by atoms with Gasteiger partial charge >= 0.3 is 0 Å². The predicted octanol–water partition coefficient (Wildman–Crippen LogP) is 2.93. The maximum atomic E-state index is 5.76. The van der Waals surface area contributed by atoms with Crippen LogP contribution in [0, 0.1) is 5.92 Å². The van der Waals surface area contributed by atoms with Crippen molar-refractivity contribution < 1.29 is 4.74 Å². The van der Waals surface area contributed by atoms with Crippen LogP contribution in [0.4, 0.5) is 0 Å². The van der Waals surface area contributed by atoms with Gasteiger partial charge < -0.3 is 4.74 Å². The minimum Gasteiger partial charge on any atom is -0.477 e. The number of allylic oxidation sites excluding steroid dienone is 2. The van der Waals surface area contributed by atoms with Crippen molar-refractivity contribution in [2.75, 3.05) is 13.7 Å². The summed E-state index contributed by atoms with van der Waals surface area (Å²) >= 11 is 0. The molecular weight excluding hydrogens is 238 g/mol. The number of nitrogens with zero attached hydrogens (tertiary/aromatic N) is 3. The highest BCUT2D eigenvalue weighted by Gasteiger charge is 2.22. The number of ether oxygens (including phenoxy) is 1. The lowest BCUT2D eigenvalue weighted by atomic mass is 10.2. The normalized spacial score (nSPS) is 16.1. The number of aromatic nitrogens is 2. The van der Waals surface area contributed by atoms with Gasteiger partial charge in [0, 0.05) is 31.3 Å². The third-order valence-corrected chi connectivity index (χ3v) is 3.10. The van der Waals surface area contributed by atoms with Gasteiger partial charge in [0.2, 0.25) is 5.88 Å². The standard InChI is InChI=1S/C15H21N3O/c1-4-12(9-16-3)13-8-15(18-14(5-2)17-13)19-10-11-6-7-11/h4,8-9,11H,5-7,10H2,1-3H3/b12-4+,16-9?. The highest BCUT2D eigenvalue weighted by molar-refractivity contribution is 6.08. The van der Waals surface area contributed by atoms with Crippen molar-refractivity contribution in [3.63, 3.8) is 0 Å². The van der Waals surface area contributed by atoms with Crippen LogP contribution in [0.15, 0.2) is 17.1 Å². The molecule has 19 heavy (non-hydrogen) atoms. The maximum Gasteiger partial charge on any atom is 0.217 e. The Balaban J connectivity index is 2.23. The molecule has 0 radical (unpaired) electrons. The molecule has 4 heteroatoms. The molecule has 4 nitrogen and oxygen atoms in total. The van der Waals surface area contributed by atoms with Gasteiger partial charge in [0.1, 0.15) is 5.82 Å². The molecule has 0 saturated heterocycles. The lowest BCUT2D eigenvalue weighted by Crippen LogP contribution is -2.05. The van der Waals surface area contributed by atoms with E-state index >= 15 is 0 Å². The molecule has 0 aliphatic heterocycles. The topological polar surface area (TPSA) is 47.4 Å². The molecule has 0 N–H and O–H groups in total. The van der Waals surface area contributed by atoms with E-state index in [9.17, 15) is 0 Å². The van der Waals surface area contributed by atoms with Crippen LogP contribution in [0.25, 0.3) is 5.57 Å². The fourth-order valence-corrected chi connectivity index (χ4v) is 1.77. The molecule has 1 aromatic heterocycles. The third kappa shape index (κ3) is 3.88. The van der Waals surface area contributed by atoms with E-state index in [-0.39, 0.29) is 0 Å². The average Bonchev–Trinajstić information content (AvgIpc) is 3.26. The summed E-state index contributed by atoms with van der Waals surface area (Å²) in [6, 6.07) is 1.90. The van der Waals surface area contributed by atoms with E-state index in [1.807, 2.05) is 32.2 Å². The molecular formula is C15H21N3O. The quantitative estimate of drug-likeness (QED) is 0.738. The Labute approximate surface area is 114 Å². The van der Waals surface area contributed by atoms with Crippen molar-refractivity contribution in [3.05, 3.63) is 23.7 Å². The Morgan fingerprint density at radius 3 is 2.84 bits per heavy atom. The monoisotopic (exact) mass is 259 g/mol. The van der Waals surface area contributed by atoms with E-state index in [1.165, 1.54) is 12.8 Å². The zero-order valence-corrected chi connectivity index (χ0v) is 11.9. The molecule has 1 aromatic rings. The van der Waals surface area contributed by atoms with E-state index < -0.39 is 0 Å². The highest BCUT2D eigenvalue weighted by Crippen LogP contribution is 2.29. The van der Waals surface area contributed by atoms with Crippen molar-refractivity contribution >= 4 is 11.8 Å². The second-order valence-electron chi connectivity index (χ2n) is 4.75. The maximum absolute atomic E-state index is 5.76. The Kier molecular flexibility index (Phi) is 4.66. The van der Waals surface area contributed by atoms with Crippen LogP contribution < -0.4 is 4.74 Å². The number of aliphatic imine (C=N–C) groups is 1. The fourth-order valence-electron chi connectivity index (χ4n) is 1.77. The minimum absolute atomic E-state index is 0.678. The van der Waals surface area contributed by atoms with E-state index in [4.69, 9.17) is 4.74 Å². The van der Waals surface area contributed by atoms with Crippen molar-refractivity contribution in [1.29, 1.82) is 0 Å². The average molecular weight is 259 g/mol. The molecule has 2 rings (SSSR count). The van der Waals surface area contributed by atoms with Gasteiger partial charge in [-0.05, 0) is 25.7 Å². The zero-order valence-electron chi connectivity index (χ0n) is 11.9. The molecule has 0 amide bonds. The highest BCUT2D eigenvalue weighted by atomic mass is 16.5. The van der Waals surface area contributed by atoms with Gasteiger partial charge in [-0.1, -0.05) is 13.0 Å². The smallest absolute Gasteiger partial charge is 0.217 e. The van der Waals surface area contributed by atoms with Crippen LogP contribution in [0.2, 0.25) is 0 Å². The Morgan fingerprint density at radius 1 is 1.47 bits per heavy atom. The summed E-state index contributed by atoms with van der Waals surface area (Å²) in [5.41, 5.74) is 1.88. The van der Waals surface area contributed by atoms with Gasteiger partial charge in [-0.3, -0.25) is 4.99 Å². The van der Waals surface area contributed by atoms with E-state index in [0.29, 0.717) is 5.88 Å². The molecule has 0 atom stereocenters. The van der Waals surface area contributed by atoms with Gasteiger partial charge in [-0.2, -0.15) is 4.98 Å². The van der Waals surface area contributed by atoms with Gasteiger partial charge in [0.05, 0.1) is 12.3 Å². The molecule has 0 unspecified atom stereocenters. The van der Waals surface area contributed by atoms with Gasteiger partial charge in [0.25, 0.3) is 0 Å². The number of aryl methyl sites for hydroxylation is 1. The van der Waals surface area contributed by atoms with Crippen molar-refractivity contribution in [1.82, 2.24) is 9.97 Å². The molecule has 1 saturated carbocycles. The second kappa shape index (κ2) is 6.45. The first-order valence-electron chi connectivity index (χ1n) is 6.86. The molecule has 1 aliphatic carbocycles. The Hall–Kier alpha value is -1.71. The van der Waals surface area contributed by atoms with Crippen molar-refractivity contribution in [3.8, 4) is 5.88 Å². The first kappa shape index (κ1) is 13.7. The molecule has 0 bridgehead atoms. The van der Waals surface area contributed by atoms with Crippen LogP contribution in [-0.2, 0) is 6.42 Å². The summed E-state index contributed by atoms with van der Waals surface area (Å²) < 4.78 is 5.76. The molecule has 102 valence electrons. The molecule has 0 spiro atoms. The van der Waals surface area contributed by atoms with Crippen LogP contribution in [0.1, 0.15) is 38.2 Å². The Morgan fingerprint density at radius 2 is 2.26 bits per heavy atom. The lowest BCUT2D eigenvalue weighted by molar-refractivity contribution is 0.287. The lowest BCUT2D eigenvalue weighted by Gasteiger charge is -2.08. The Bertz CT molecular complexity index is 490. The summed E-state index contributed by atoms with van der Waals surface area (Å²) in [4.78, 5) is 13.0. The predicted molar refractivity (Wildman–Crippen MR) is 77.7 cm³/mol. The SMILES string of the molecule is C/C=C(\C=NC)c1cc(OCC2CC2)nc(CC)n1. The summed E-state index contributed by atoms with van der Waals surface area (Å²) in [6.45, 7) is 4.80. The molecule has 1 fully saturated rings. The molecule has 1 aliphatic rings. The molecule has 1 heterocycles. The van der Waals surface area contributed by atoms with Crippen molar-refractivity contribution in [2.45, 2.75) is 33.1 Å². The van der Waals surface area contributed by atoms with Gasteiger partial charge in [-0.15, -0.1) is 0 Å². The summed E-state index contributed by atoms with van der Waals surface area (Å²) in [6.07, 6.45) is 7.17. The fraction of sp³-hybridized carbons (Fsp3) is 0.533. The van der Waals surface area contributed by atoms with Crippen LogP contribution in [0.3, 0.4) is 0 Å². The zero-order chi connectivity index (χ0) is 13.7. The minimum atomic E-state index is 0.678. The number of hydrogen-bond donors (Lipinski definition) is 0. The first-order valence-corrected chi connectivity index (χ1v) is 6.86. The van der Waals surface area contributed by atoms with E-state index in [1.54, 1.807) is 7.05 Å². The largest absolute Gasteiger partial charge is 0.477 e. The van der Waals surface area contributed by atoms with Crippen molar-refractivity contribution in [2.24, 2.45) is 10.9 Å². The third-order valence-electron chi connectivity index (χ3n) is 3.10.